The van der Waals surface area contributed by atoms with Crippen LogP contribution in [-0.4, -0.2) is 39.6 Å². The van der Waals surface area contributed by atoms with Crippen LogP contribution >= 0.6 is 0 Å². The first-order valence-corrected chi connectivity index (χ1v) is 7.23. The van der Waals surface area contributed by atoms with E-state index in [0.29, 0.717) is 0 Å². The van der Waals surface area contributed by atoms with Crippen molar-refractivity contribution in [1.82, 2.24) is 4.90 Å². The standard InChI is InChI=1S/C13H17NO3S/c1-11-5-7-13(8-6-11)18(15,16)17-10-12-4-3-9-14(12)2/h3-8,12H,9-10H2,1-2H3. The van der Waals surface area contributed by atoms with E-state index in [2.05, 4.69) is 0 Å². The zero-order valence-corrected chi connectivity index (χ0v) is 11.4. The van der Waals surface area contributed by atoms with Crippen LogP contribution in [0.2, 0.25) is 0 Å². The highest BCUT2D eigenvalue weighted by molar-refractivity contribution is 7.86. The van der Waals surface area contributed by atoms with Crippen LogP contribution in [0.3, 0.4) is 0 Å². The number of rotatable bonds is 4. The number of hydrogen-bond donors (Lipinski definition) is 0. The largest absolute Gasteiger partial charge is 0.297 e. The highest BCUT2D eigenvalue weighted by Crippen LogP contribution is 2.15. The van der Waals surface area contributed by atoms with Crippen molar-refractivity contribution in [2.24, 2.45) is 0 Å². The van der Waals surface area contributed by atoms with Crippen molar-refractivity contribution in [1.29, 1.82) is 0 Å². The van der Waals surface area contributed by atoms with Gasteiger partial charge >= 0.3 is 0 Å². The summed E-state index contributed by atoms with van der Waals surface area (Å²) in [6.45, 7) is 2.90. The molecule has 0 aromatic heterocycles. The van der Waals surface area contributed by atoms with Crippen LogP contribution in [0.5, 0.6) is 0 Å². The van der Waals surface area contributed by atoms with E-state index in [1.165, 1.54) is 0 Å². The lowest BCUT2D eigenvalue weighted by atomic mass is 10.2. The van der Waals surface area contributed by atoms with Crippen molar-refractivity contribution in [3.8, 4) is 0 Å². The second kappa shape index (κ2) is 5.22. The van der Waals surface area contributed by atoms with E-state index in [4.69, 9.17) is 4.18 Å². The van der Waals surface area contributed by atoms with Gasteiger partial charge in [0.15, 0.2) is 0 Å². The topological polar surface area (TPSA) is 46.6 Å². The van der Waals surface area contributed by atoms with Gasteiger partial charge in [0.1, 0.15) is 0 Å². The van der Waals surface area contributed by atoms with Gasteiger partial charge < -0.3 is 0 Å². The highest BCUT2D eigenvalue weighted by Gasteiger charge is 2.21. The molecule has 4 nitrogen and oxygen atoms in total. The van der Waals surface area contributed by atoms with E-state index < -0.39 is 10.1 Å². The van der Waals surface area contributed by atoms with E-state index in [9.17, 15) is 8.42 Å². The Morgan fingerprint density at radius 1 is 1.33 bits per heavy atom. The number of benzene rings is 1. The van der Waals surface area contributed by atoms with E-state index in [-0.39, 0.29) is 17.5 Å². The Kier molecular flexibility index (Phi) is 3.85. The Balaban J connectivity index is 2.03. The van der Waals surface area contributed by atoms with Crippen molar-refractivity contribution in [2.45, 2.75) is 17.9 Å². The monoisotopic (exact) mass is 267 g/mol. The molecule has 0 spiro atoms. The summed E-state index contributed by atoms with van der Waals surface area (Å²) < 4.78 is 29.0. The first-order chi connectivity index (χ1) is 8.49. The van der Waals surface area contributed by atoms with Crippen LogP contribution in [-0.2, 0) is 14.3 Å². The molecule has 0 N–H and O–H groups in total. The van der Waals surface area contributed by atoms with Gasteiger partial charge in [0, 0.05) is 6.54 Å². The zero-order chi connectivity index (χ0) is 13.2. The van der Waals surface area contributed by atoms with E-state index in [0.717, 1.165) is 12.1 Å². The third kappa shape index (κ3) is 2.98. The average Bonchev–Trinajstić information content (AvgIpc) is 2.73. The maximum absolute atomic E-state index is 11.9. The summed E-state index contributed by atoms with van der Waals surface area (Å²) in [4.78, 5) is 2.24. The molecule has 0 saturated heterocycles. The van der Waals surface area contributed by atoms with E-state index >= 15 is 0 Å². The summed E-state index contributed by atoms with van der Waals surface area (Å²) in [6, 6.07) is 6.69. The second-order valence-electron chi connectivity index (χ2n) is 4.49. The minimum Gasteiger partial charge on any atom is -0.294 e. The van der Waals surface area contributed by atoms with Crippen LogP contribution in [0.1, 0.15) is 5.56 Å². The number of hydrogen-bond acceptors (Lipinski definition) is 4. The van der Waals surface area contributed by atoms with Gasteiger partial charge in [-0.1, -0.05) is 29.8 Å². The molecule has 1 aromatic carbocycles. The van der Waals surface area contributed by atoms with Crippen LogP contribution in [0.15, 0.2) is 41.3 Å². The summed E-state index contributed by atoms with van der Waals surface area (Å²) in [5, 5.41) is 0. The van der Waals surface area contributed by atoms with Crippen molar-refractivity contribution < 1.29 is 12.6 Å². The van der Waals surface area contributed by atoms with Gasteiger partial charge in [-0.15, -0.1) is 0 Å². The predicted octanol–water partition coefficient (Wildman–Crippen LogP) is 1.57. The molecule has 2 rings (SSSR count). The normalized spacial score (nSPS) is 20.4. The third-order valence-corrected chi connectivity index (χ3v) is 4.32. The Labute approximate surface area is 108 Å². The molecule has 1 unspecified atom stereocenters. The van der Waals surface area contributed by atoms with Crippen LogP contribution < -0.4 is 0 Å². The maximum Gasteiger partial charge on any atom is 0.297 e. The molecule has 1 aromatic rings. The molecule has 1 aliphatic rings. The van der Waals surface area contributed by atoms with E-state index in [1.54, 1.807) is 24.3 Å². The number of nitrogens with zero attached hydrogens (tertiary/aromatic N) is 1. The molecule has 0 saturated carbocycles. The molecule has 0 aliphatic carbocycles. The molecule has 18 heavy (non-hydrogen) atoms. The Hall–Kier alpha value is -1.17. The molecule has 98 valence electrons. The Morgan fingerprint density at radius 3 is 2.56 bits per heavy atom. The fraction of sp³-hybridized carbons (Fsp3) is 0.385. The molecule has 1 aliphatic heterocycles. The molecule has 0 bridgehead atoms. The minimum absolute atomic E-state index is 0.0326. The van der Waals surface area contributed by atoms with Crippen LogP contribution in [0.4, 0.5) is 0 Å². The summed E-state index contributed by atoms with van der Waals surface area (Å²) in [5.41, 5.74) is 1.02. The molecule has 1 atom stereocenters. The van der Waals surface area contributed by atoms with Crippen LogP contribution in [0.25, 0.3) is 0 Å². The summed E-state index contributed by atoms with van der Waals surface area (Å²) in [5.74, 6) is 0. The number of aryl methyl sites for hydroxylation is 1. The lowest BCUT2D eigenvalue weighted by molar-refractivity contribution is 0.220. The molecule has 0 fully saturated rings. The third-order valence-electron chi connectivity index (χ3n) is 3.02. The quantitative estimate of drug-likeness (QED) is 0.613. The van der Waals surface area contributed by atoms with Gasteiger partial charge in [0.2, 0.25) is 0 Å². The SMILES string of the molecule is Cc1ccc(S(=O)(=O)OCC2C=CCN2C)cc1. The molecule has 1 heterocycles. The Bertz CT molecular complexity index is 534. The van der Waals surface area contributed by atoms with Crippen molar-refractivity contribution in [3.63, 3.8) is 0 Å². The zero-order valence-electron chi connectivity index (χ0n) is 10.5. The van der Waals surface area contributed by atoms with Gasteiger partial charge in [-0.05, 0) is 26.1 Å². The molecule has 5 heteroatoms. The lowest BCUT2D eigenvalue weighted by Gasteiger charge is -2.18. The Morgan fingerprint density at radius 2 is 2.00 bits per heavy atom. The second-order valence-corrected chi connectivity index (χ2v) is 6.10. The minimum atomic E-state index is -3.65. The summed E-state index contributed by atoms with van der Waals surface area (Å²) in [7, 11) is -1.71. The smallest absolute Gasteiger partial charge is 0.294 e. The van der Waals surface area contributed by atoms with Crippen molar-refractivity contribution in [2.75, 3.05) is 20.2 Å². The summed E-state index contributed by atoms with van der Waals surface area (Å²) >= 11 is 0. The maximum atomic E-state index is 11.9. The molecular weight excluding hydrogens is 250 g/mol. The summed E-state index contributed by atoms with van der Waals surface area (Å²) in [6.07, 6.45) is 3.97. The fourth-order valence-corrected chi connectivity index (χ4v) is 2.71. The lowest BCUT2D eigenvalue weighted by Crippen LogP contribution is -2.30. The van der Waals surface area contributed by atoms with Gasteiger partial charge in [-0.25, -0.2) is 0 Å². The molecular formula is C13H17NO3S. The first kappa shape index (κ1) is 13.3. The number of likely N-dealkylation sites (N-methyl/N-ethyl adjacent to an activating group) is 1. The van der Waals surface area contributed by atoms with Crippen molar-refractivity contribution >= 4 is 10.1 Å². The molecule has 0 amide bonds. The first-order valence-electron chi connectivity index (χ1n) is 5.82. The van der Waals surface area contributed by atoms with Gasteiger partial charge in [0.05, 0.1) is 17.5 Å². The van der Waals surface area contributed by atoms with Gasteiger partial charge in [-0.3, -0.25) is 9.08 Å². The van der Waals surface area contributed by atoms with Crippen molar-refractivity contribution in [3.05, 3.63) is 42.0 Å². The van der Waals surface area contributed by atoms with E-state index in [1.807, 2.05) is 31.0 Å². The van der Waals surface area contributed by atoms with Gasteiger partial charge in [0.25, 0.3) is 10.1 Å². The predicted molar refractivity (Wildman–Crippen MR) is 69.9 cm³/mol. The van der Waals surface area contributed by atoms with Crippen LogP contribution in [0, 0.1) is 6.92 Å². The average molecular weight is 267 g/mol. The molecule has 0 radical (unpaired) electrons. The van der Waals surface area contributed by atoms with Gasteiger partial charge in [-0.2, -0.15) is 8.42 Å². The highest BCUT2D eigenvalue weighted by atomic mass is 32.2. The fourth-order valence-electron chi connectivity index (χ4n) is 1.78.